The molecule has 134 valence electrons. The van der Waals surface area contributed by atoms with Crippen LogP contribution in [0.5, 0.6) is 17.2 Å². The number of ether oxygens (including phenoxy) is 4. The lowest BCUT2D eigenvalue weighted by Gasteiger charge is -2.13. The number of aromatic nitrogens is 2. The van der Waals surface area contributed by atoms with Crippen LogP contribution in [0.4, 0.5) is 6.01 Å². The van der Waals surface area contributed by atoms with Crippen molar-refractivity contribution in [3.63, 3.8) is 0 Å². The second-order valence-corrected chi connectivity index (χ2v) is 5.32. The normalized spacial score (nSPS) is 16.5. The zero-order valence-corrected chi connectivity index (χ0v) is 14.2. The van der Waals surface area contributed by atoms with Crippen LogP contribution in [0.25, 0.3) is 0 Å². The summed E-state index contributed by atoms with van der Waals surface area (Å²) in [5.74, 6) is 1.06. The fraction of sp³-hybridized carbons (Fsp3) is 0.438. The molecule has 1 aliphatic heterocycles. The van der Waals surface area contributed by atoms with Crippen LogP contribution in [0, 0.1) is 0 Å². The Balaban J connectivity index is 1.79. The standard InChI is InChI=1S/C16H19N3O6/c1-21-11-7-9(8-12(22-2)13(11)23-3)14(20)17-16-19-18-15(25-16)10-5-4-6-24-10/h7-8,10H,4-6H2,1-3H3,(H,17,19,20)/t10-/m1/s1. The first kappa shape index (κ1) is 17.0. The smallest absolute Gasteiger partial charge is 0.322 e. The zero-order valence-electron chi connectivity index (χ0n) is 14.2. The van der Waals surface area contributed by atoms with Crippen molar-refractivity contribution < 1.29 is 28.2 Å². The molecule has 0 radical (unpaired) electrons. The van der Waals surface area contributed by atoms with Crippen molar-refractivity contribution in [1.82, 2.24) is 10.2 Å². The Bertz CT molecular complexity index is 729. The first-order valence-corrected chi connectivity index (χ1v) is 7.72. The van der Waals surface area contributed by atoms with E-state index in [0.29, 0.717) is 35.3 Å². The predicted molar refractivity (Wildman–Crippen MR) is 86.3 cm³/mol. The van der Waals surface area contributed by atoms with E-state index in [-0.39, 0.29) is 12.1 Å². The molecule has 0 bridgehead atoms. The number of carbonyl (C=O) groups excluding carboxylic acids is 1. The summed E-state index contributed by atoms with van der Waals surface area (Å²) in [7, 11) is 4.45. The molecule has 2 aromatic rings. The van der Waals surface area contributed by atoms with Crippen LogP contribution < -0.4 is 19.5 Å². The highest BCUT2D eigenvalue weighted by Crippen LogP contribution is 2.38. The van der Waals surface area contributed by atoms with Gasteiger partial charge < -0.3 is 23.4 Å². The minimum Gasteiger partial charge on any atom is -0.493 e. The highest BCUT2D eigenvalue weighted by Gasteiger charge is 2.24. The van der Waals surface area contributed by atoms with Gasteiger partial charge in [-0.15, -0.1) is 5.10 Å². The molecule has 1 saturated heterocycles. The number of hydrogen-bond donors (Lipinski definition) is 1. The van der Waals surface area contributed by atoms with Crippen molar-refractivity contribution in [3.05, 3.63) is 23.6 Å². The molecule has 25 heavy (non-hydrogen) atoms. The molecule has 1 amide bonds. The maximum atomic E-state index is 12.5. The molecule has 1 aromatic carbocycles. The number of hydrogen-bond acceptors (Lipinski definition) is 8. The molecule has 1 atom stereocenters. The summed E-state index contributed by atoms with van der Waals surface area (Å²) in [4.78, 5) is 12.5. The lowest BCUT2D eigenvalue weighted by molar-refractivity contribution is 0.0893. The molecule has 1 N–H and O–H groups in total. The van der Waals surface area contributed by atoms with Gasteiger partial charge in [-0.25, -0.2) is 0 Å². The Morgan fingerprint density at radius 2 is 1.88 bits per heavy atom. The molecule has 0 saturated carbocycles. The van der Waals surface area contributed by atoms with E-state index < -0.39 is 5.91 Å². The summed E-state index contributed by atoms with van der Waals surface area (Å²) >= 11 is 0. The largest absolute Gasteiger partial charge is 0.493 e. The van der Waals surface area contributed by atoms with Gasteiger partial charge >= 0.3 is 6.01 Å². The van der Waals surface area contributed by atoms with Gasteiger partial charge in [-0.05, 0) is 25.0 Å². The molecular weight excluding hydrogens is 330 g/mol. The monoisotopic (exact) mass is 349 g/mol. The van der Waals surface area contributed by atoms with Crippen molar-refractivity contribution in [3.8, 4) is 17.2 Å². The van der Waals surface area contributed by atoms with Gasteiger partial charge in [0.1, 0.15) is 6.10 Å². The average Bonchev–Trinajstić information content (AvgIpc) is 3.31. The molecule has 1 aliphatic rings. The Hall–Kier alpha value is -2.81. The van der Waals surface area contributed by atoms with E-state index >= 15 is 0 Å². The first-order valence-electron chi connectivity index (χ1n) is 7.72. The van der Waals surface area contributed by atoms with Crippen molar-refractivity contribution >= 4 is 11.9 Å². The van der Waals surface area contributed by atoms with Crippen LogP contribution in [-0.4, -0.2) is 44.0 Å². The van der Waals surface area contributed by atoms with Gasteiger partial charge in [-0.2, -0.15) is 0 Å². The molecule has 9 nitrogen and oxygen atoms in total. The van der Waals surface area contributed by atoms with E-state index in [1.807, 2.05) is 0 Å². The molecule has 2 heterocycles. The lowest BCUT2D eigenvalue weighted by atomic mass is 10.1. The Labute approximate surface area is 144 Å². The van der Waals surface area contributed by atoms with Crippen molar-refractivity contribution in [1.29, 1.82) is 0 Å². The number of nitrogens with one attached hydrogen (secondary N) is 1. The Kier molecular flexibility index (Phi) is 5.03. The van der Waals surface area contributed by atoms with Gasteiger partial charge in [0, 0.05) is 12.2 Å². The summed E-state index contributed by atoms with van der Waals surface area (Å²) in [6.45, 7) is 0.667. The second kappa shape index (κ2) is 7.39. The summed E-state index contributed by atoms with van der Waals surface area (Å²) in [6.07, 6.45) is 1.56. The molecule has 9 heteroatoms. The van der Waals surface area contributed by atoms with Gasteiger partial charge in [0.25, 0.3) is 5.91 Å². The topological polar surface area (TPSA) is 105 Å². The van der Waals surface area contributed by atoms with E-state index in [1.54, 1.807) is 0 Å². The summed E-state index contributed by atoms with van der Waals surface area (Å²) in [5.41, 5.74) is 0.298. The molecular formula is C16H19N3O6. The van der Waals surface area contributed by atoms with Crippen molar-refractivity contribution in [2.75, 3.05) is 33.3 Å². The number of carbonyl (C=O) groups is 1. The minimum absolute atomic E-state index is 0.00394. The maximum absolute atomic E-state index is 12.5. The third kappa shape index (κ3) is 3.50. The van der Waals surface area contributed by atoms with E-state index in [4.69, 9.17) is 23.4 Å². The zero-order chi connectivity index (χ0) is 17.8. The average molecular weight is 349 g/mol. The molecule has 1 fully saturated rings. The van der Waals surface area contributed by atoms with E-state index in [1.165, 1.54) is 33.5 Å². The summed E-state index contributed by atoms with van der Waals surface area (Å²) in [6, 6.07) is 3.08. The van der Waals surface area contributed by atoms with Crippen LogP contribution in [-0.2, 0) is 4.74 Å². The second-order valence-electron chi connectivity index (χ2n) is 5.32. The predicted octanol–water partition coefficient (Wildman–Crippen LogP) is 2.20. The quantitative estimate of drug-likeness (QED) is 0.846. The van der Waals surface area contributed by atoms with Gasteiger partial charge in [-0.3, -0.25) is 10.1 Å². The van der Waals surface area contributed by atoms with Gasteiger partial charge in [0.05, 0.1) is 21.3 Å². The lowest BCUT2D eigenvalue weighted by Crippen LogP contribution is -2.13. The summed E-state index contributed by atoms with van der Waals surface area (Å²) < 4.78 is 26.6. The van der Waals surface area contributed by atoms with E-state index in [9.17, 15) is 4.79 Å². The van der Waals surface area contributed by atoms with Gasteiger partial charge in [0.15, 0.2) is 11.5 Å². The number of nitrogens with zero attached hydrogens (tertiary/aromatic N) is 2. The van der Waals surface area contributed by atoms with Gasteiger partial charge in [0.2, 0.25) is 11.6 Å². The summed E-state index contributed by atoms with van der Waals surface area (Å²) in [5, 5.41) is 10.3. The third-order valence-corrected chi connectivity index (χ3v) is 3.79. The number of anilines is 1. The molecule has 0 aliphatic carbocycles. The maximum Gasteiger partial charge on any atom is 0.322 e. The first-order chi connectivity index (χ1) is 12.2. The Morgan fingerprint density at radius 3 is 2.44 bits per heavy atom. The fourth-order valence-corrected chi connectivity index (χ4v) is 2.57. The third-order valence-electron chi connectivity index (χ3n) is 3.79. The molecule has 3 rings (SSSR count). The van der Waals surface area contributed by atoms with Crippen LogP contribution >= 0.6 is 0 Å². The van der Waals surface area contributed by atoms with Gasteiger partial charge in [-0.1, -0.05) is 5.10 Å². The SMILES string of the molecule is COc1cc(C(=O)Nc2nnc([C@H]3CCCO3)o2)cc(OC)c1OC. The van der Waals surface area contributed by atoms with Crippen LogP contribution in [0.15, 0.2) is 16.5 Å². The van der Waals surface area contributed by atoms with Crippen LogP contribution in [0.2, 0.25) is 0 Å². The number of methoxy groups -OCH3 is 3. The van der Waals surface area contributed by atoms with Crippen molar-refractivity contribution in [2.24, 2.45) is 0 Å². The number of benzene rings is 1. The van der Waals surface area contributed by atoms with Crippen LogP contribution in [0.1, 0.15) is 35.2 Å². The van der Waals surface area contributed by atoms with Crippen LogP contribution in [0.3, 0.4) is 0 Å². The molecule has 0 spiro atoms. The highest BCUT2D eigenvalue weighted by molar-refractivity contribution is 6.04. The Morgan fingerprint density at radius 1 is 1.16 bits per heavy atom. The fourth-order valence-electron chi connectivity index (χ4n) is 2.57. The molecule has 1 aromatic heterocycles. The van der Waals surface area contributed by atoms with E-state index in [2.05, 4.69) is 15.5 Å². The minimum atomic E-state index is -0.443. The number of rotatable bonds is 6. The van der Waals surface area contributed by atoms with Crippen molar-refractivity contribution in [2.45, 2.75) is 18.9 Å². The van der Waals surface area contributed by atoms with E-state index in [0.717, 1.165) is 12.8 Å². The number of amides is 1. The highest BCUT2D eigenvalue weighted by atomic mass is 16.5. The molecule has 0 unspecified atom stereocenters.